The van der Waals surface area contributed by atoms with Crippen molar-refractivity contribution >= 4 is 11.5 Å². The lowest BCUT2D eigenvalue weighted by atomic mass is 9.62. The van der Waals surface area contributed by atoms with Crippen molar-refractivity contribution in [2.45, 2.75) is 91.9 Å². The van der Waals surface area contributed by atoms with Crippen LogP contribution in [-0.2, 0) is 20.4 Å². The average Bonchev–Trinajstić information content (AvgIpc) is 2.79. The number of benzene rings is 1. The van der Waals surface area contributed by atoms with Gasteiger partial charge in [0.15, 0.2) is 0 Å². The molecule has 0 N–H and O–H groups in total. The highest BCUT2D eigenvalue weighted by molar-refractivity contribution is 5.87. The summed E-state index contributed by atoms with van der Waals surface area (Å²) in [6, 6.07) is 4.19. The van der Waals surface area contributed by atoms with E-state index in [1.54, 1.807) is 6.92 Å². The summed E-state index contributed by atoms with van der Waals surface area (Å²) in [6.07, 6.45) is 5.89. The van der Waals surface area contributed by atoms with Gasteiger partial charge in [-0.3, -0.25) is 0 Å². The van der Waals surface area contributed by atoms with Gasteiger partial charge in [0.1, 0.15) is 11.6 Å². The van der Waals surface area contributed by atoms with Gasteiger partial charge in [0.25, 0.3) is 0 Å². The van der Waals surface area contributed by atoms with E-state index in [0.717, 1.165) is 24.8 Å². The van der Waals surface area contributed by atoms with Gasteiger partial charge in [-0.05, 0) is 90.8 Å². The van der Waals surface area contributed by atoms with Gasteiger partial charge in [-0.25, -0.2) is 9.18 Å². The molecular formula is C29H40F2O3. The number of ether oxygens (including phenoxy) is 2. The van der Waals surface area contributed by atoms with Crippen LogP contribution in [-0.4, -0.2) is 19.2 Å². The third-order valence-electron chi connectivity index (χ3n) is 6.66. The Morgan fingerprint density at radius 1 is 1.00 bits per heavy atom. The molecule has 0 amide bonds. The number of allylic oxidation sites excluding steroid dienone is 5. The van der Waals surface area contributed by atoms with E-state index < -0.39 is 17.6 Å². The van der Waals surface area contributed by atoms with Crippen molar-refractivity contribution in [3.63, 3.8) is 0 Å². The monoisotopic (exact) mass is 474 g/mol. The van der Waals surface area contributed by atoms with E-state index in [9.17, 15) is 9.18 Å². The molecule has 0 bridgehead atoms. The van der Waals surface area contributed by atoms with Gasteiger partial charge in [-0.15, -0.1) is 0 Å². The maximum absolute atomic E-state index is 15.5. The molecule has 2 rings (SSSR count). The van der Waals surface area contributed by atoms with Crippen molar-refractivity contribution in [3.05, 3.63) is 58.2 Å². The van der Waals surface area contributed by atoms with E-state index in [0.29, 0.717) is 24.4 Å². The number of fused-ring (bicyclic) bond motifs is 1. The number of rotatable bonds is 9. The van der Waals surface area contributed by atoms with Gasteiger partial charge in [0, 0.05) is 5.56 Å². The minimum Gasteiger partial charge on any atom is -0.493 e. The molecule has 0 saturated heterocycles. The van der Waals surface area contributed by atoms with Crippen molar-refractivity contribution < 1.29 is 23.0 Å². The minimum atomic E-state index is -1.04. The van der Waals surface area contributed by atoms with Crippen LogP contribution in [0.25, 0.3) is 5.57 Å². The molecule has 1 aliphatic rings. The maximum atomic E-state index is 15.5. The fourth-order valence-corrected chi connectivity index (χ4v) is 4.38. The number of halogens is 2. The zero-order valence-electron chi connectivity index (χ0n) is 22.0. The van der Waals surface area contributed by atoms with E-state index in [1.807, 2.05) is 13.8 Å². The Labute approximate surface area is 203 Å². The van der Waals surface area contributed by atoms with Crippen LogP contribution >= 0.6 is 0 Å². The maximum Gasteiger partial charge on any atom is 0.367 e. The third kappa shape index (κ3) is 6.17. The van der Waals surface area contributed by atoms with E-state index in [2.05, 4.69) is 44.6 Å². The predicted molar refractivity (Wildman–Crippen MR) is 135 cm³/mol. The van der Waals surface area contributed by atoms with Crippen molar-refractivity contribution in [2.75, 3.05) is 13.2 Å². The summed E-state index contributed by atoms with van der Waals surface area (Å²) in [5.41, 5.74) is 3.68. The quantitative estimate of drug-likeness (QED) is 0.205. The van der Waals surface area contributed by atoms with Crippen molar-refractivity contribution in [2.24, 2.45) is 0 Å². The molecule has 0 saturated carbocycles. The summed E-state index contributed by atoms with van der Waals surface area (Å²) in [6.45, 7) is 16.5. The number of hydrogen-bond acceptors (Lipinski definition) is 3. The van der Waals surface area contributed by atoms with Gasteiger partial charge in [-0.1, -0.05) is 47.6 Å². The van der Waals surface area contributed by atoms with Gasteiger partial charge in [0.05, 0.1) is 13.2 Å². The SMILES string of the molecule is CCCOc1cc2c(cc1C(CC)=C(F)C=CC(C)=C(F)C(=O)OCC)C(C)(C)CCC2(C)C. The Morgan fingerprint density at radius 2 is 1.59 bits per heavy atom. The predicted octanol–water partition coefficient (Wildman–Crippen LogP) is 8.28. The molecule has 5 heteroatoms. The number of carbonyl (C=O) groups is 1. The molecule has 1 aromatic carbocycles. The first-order valence-electron chi connectivity index (χ1n) is 12.3. The Hall–Kier alpha value is -2.43. The van der Waals surface area contributed by atoms with E-state index >= 15 is 4.39 Å². The smallest absolute Gasteiger partial charge is 0.367 e. The summed E-state index contributed by atoms with van der Waals surface area (Å²) in [5.74, 6) is -1.86. The molecule has 1 aliphatic carbocycles. The van der Waals surface area contributed by atoms with E-state index in [-0.39, 0.29) is 23.0 Å². The van der Waals surface area contributed by atoms with Crippen molar-refractivity contribution in [3.8, 4) is 5.75 Å². The molecule has 0 aliphatic heterocycles. The number of hydrogen-bond donors (Lipinski definition) is 0. The van der Waals surface area contributed by atoms with Gasteiger partial charge < -0.3 is 9.47 Å². The Kier molecular flexibility index (Phi) is 9.27. The second-order valence-corrected chi connectivity index (χ2v) is 10.2. The summed E-state index contributed by atoms with van der Waals surface area (Å²) in [4.78, 5) is 11.6. The fraction of sp³-hybridized carbons (Fsp3) is 0.552. The van der Waals surface area contributed by atoms with Crippen LogP contribution < -0.4 is 4.74 Å². The molecular weight excluding hydrogens is 434 g/mol. The van der Waals surface area contributed by atoms with Crippen molar-refractivity contribution in [1.82, 2.24) is 0 Å². The molecule has 3 nitrogen and oxygen atoms in total. The molecule has 188 valence electrons. The normalized spacial score (nSPS) is 18.2. The van der Waals surface area contributed by atoms with Crippen LogP contribution in [0.3, 0.4) is 0 Å². The highest BCUT2D eigenvalue weighted by atomic mass is 19.1. The first-order valence-corrected chi connectivity index (χ1v) is 12.3. The van der Waals surface area contributed by atoms with Gasteiger partial charge in [-0.2, -0.15) is 4.39 Å². The minimum absolute atomic E-state index is 0.00871. The third-order valence-corrected chi connectivity index (χ3v) is 6.66. The van der Waals surface area contributed by atoms with Gasteiger partial charge >= 0.3 is 5.97 Å². The second-order valence-electron chi connectivity index (χ2n) is 10.2. The van der Waals surface area contributed by atoms with E-state index in [4.69, 9.17) is 4.74 Å². The average molecular weight is 475 g/mol. The largest absolute Gasteiger partial charge is 0.493 e. The fourth-order valence-electron chi connectivity index (χ4n) is 4.38. The summed E-state index contributed by atoms with van der Waals surface area (Å²) in [7, 11) is 0. The first-order chi connectivity index (χ1) is 15.9. The zero-order chi connectivity index (χ0) is 25.7. The topological polar surface area (TPSA) is 35.5 Å². The second kappa shape index (κ2) is 11.3. The Bertz CT molecular complexity index is 997. The number of carbonyl (C=O) groups excluding carboxylic acids is 1. The molecule has 0 atom stereocenters. The molecule has 0 aromatic heterocycles. The molecule has 0 fully saturated rings. The summed E-state index contributed by atoms with van der Waals surface area (Å²) < 4.78 is 40.5. The Balaban J connectivity index is 2.64. The van der Waals surface area contributed by atoms with E-state index in [1.165, 1.54) is 30.2 Å². The summed E-state index contributed by atoms with van der Waals surface area (Å²) in [5, 5.41) is 0. The first kappa shape index (κ1) is 27.8. The zero-order valence-corrected chi connectivity index (χ0v) is 22.0. The lowest BCUT2D eigenvalue weighted by Crippen LogP contribution is -2.34. The van der Waals surface area contributed by atoms with Crippen LogP contribution in [0.1, 0.15) is 97.8 Å². The molecule has 0 spiro atoms. The molecule has 1 aromatic rings. The van der Waals surface area contributed by atoms with Crippen LogP contribution in [0.5, 0.6) is 5.75 Å². The lowest BCUT2D eigenvalue weighted by Gasteiger charge is -2.42. The molecule has 0 heterocycles. The standard InChI is InChI=1S/C29H40F2O3/c1-9-16-34-25-18-23-22(28(5,6)14-15-29(23,7)8)17-21(25)20(10-2)24(30)13-12-19(4)26(31)27(32)33-11-3/h12-13,17-18H,9-11,14-16H2,1-8H3. The lowest BCUT2D eigenvalue weighted by molar-refractivity contribution is -0.140. The highest BCUT2D eigenvalue weighted by Gasteiger charge is 2.38. The van der Waals surface area contributed by atoms with Crippen LogP contribution in [0, 0.1) is 0 Å². The van der Waals surface area contributed by atoms with Crippen LogP contribution in [0.4, 0.5) is 8.78 Å². The van der Waals surface area contributed by atoms with Crippen LogP contribution in [0.15, 0.2) is 41.5 Å². The molecule has 34 heavy (non-hydrogen) atoms. The van der Waals surface area contributed by atoms with Gasteiger partial charge in [0.2, 0.25) is 5.83 Å². The summed E-state index contributed by atoms with van der Waals surface area (Å²) >= 11 is 0. The molecule has 0 unspecified atom stereocenters. The Morgan fingerprint density at radius 3 is 2.12 bits per heavy atom. The van der Waals surface area contributed by atoms with Crippen LogP contribution in [0.2, 0.25) is 0 Å². The van der Waals surface area contributed by atoms with Crippen molar-refractivity contribution in [1.29, 1.82) is 0 Å². The number of esters is 1. The molecule has 0 radical (unpaired) electrons. The highest BCUT2D eigenvalue weighted by Crippen LogP contribution is 2.49.